The van der Waals surface area contributed by atoms with Crippen LogP contribution in [0.1, 0.15) is 49.9 Å². The first kappa shape index (κ1) is 16.4. The Morgan fingerprint density at radius 1 is 0.591 bits per heavy atom. The molecule has 0 fully saturated rings. The third-order valence-electron chi connectivity index (χ3n) is 3.55. The highest BCUT2D eigenvalue weighted by Gasteiger charge is 1.98. The Bertz CT molecular complexity index is 574. The van der Waals surface area contributed by atoms with Gasteiger partial charge in [0, 0.05) is 11.1 Å². The summed E-state index contributed by atoms with van der Waals surface area (Å²) in [4.78, 5) is 0. The molecule has 0 aromatic heterocycles. The topological polar surface area (TPSA) is 0 Å². The molecule has 0 N–H and O–H groups in total. The largest absolute Gasteiger partial charge is 0.0625 e. The van der Waals surface area contributed by atoms with Crippen LogP contribution in [-0.4, -0.2) is 0 Å². The van der Waals surface area contributed by atoms with E-state index in [1.165, 1.54) is 11.1 Å². The molecule has 0 aliphatic carbocycles. The summed E-state index contributed by atoms with van der Waals surface area (Å²) in [5.74, 6) is 7.89. The average Bonchev–Trinajstić information content (AvgIpc) is 2.47. The molecule has 0 aliphatic heterocycles. The zero-order chi connectivity index (χ0) is 15.9. The fourth-order valence-corrected chi connectivity index (χ4v) is 2.54. The monoisotopic (exact) mass is 290 g/mol. The van der Waals surface area contributed by atoms with Crippen molar-refractivity contribution in [3.05, 3.63) is 70.8 Å². The molecule has 0 saturated carbocycles. The Balaban J connectivity index is 2.03. The van der Waals surface area contributed by atoms with E-state index in [0.717, 1.165) is 24.0 Å². The molecule has 0 saturated heterocycles. The van der Waals surface area contributed by atoms with Crippen LogP contribution in [0.5, 0.6) is 0 Å². The highest BCUT2D eigenvalue weighted by molar-refractivity contribution is 5.44. The van der Waals surface area contributed by atoms with Crippen LogP contribution >= 0.6 is 0 Å². The Labute approximate surface area is 135 Å². The third-order valence-corrected chi connectivity index (χ3v) is 3.55. The Morgan fingerprint density at radius 3 is 1.18 bits per heavy atom. The molecule has 22 heavy (non-hydrogen) atoms. The number of hydrogen-bond donors (Lipinski definition) is 0. The van der Waals surface area contributed by atoms with Crippen LogP contribution in [0.15, 0.2) is 48.5 Å². The average molecular weight is 290 g/mol. The predicted molar refractivity (Wildman–Crippen MR) is 95.9 cm³/mol. The van der Waals surface area contributed by atoms with Crippen LogP contribution < -0.4 is 0 Å². The molecular weight excluding hydrogens is 264 g/mol. The van der Waals surface area contributed by atoms with Crippen molar-refractivity contribution in [2.75, 3.05) is 0 Å². The zero-order valence-corrected chi connectivity index (χ0v) is 14.2. The highest BCUT2D eigenvalue weighted by atomic mass is 14.0. The van der Waals surface area contributed by atoms with E-state index in [-0.39, 0.29) is 0 Å². The van der Waals surface area contributed by atoms with E-state index in [1.807, 2.05) is 0 Å². The molecule has 0 unspecified atom stereocenters. The smallest absolute Gasteiger partial charge is 0.0249 e. The minimum atomic E-state index is 0.696. The summed E-state index contributed by atoms with van der Waals surface area (Å²) in [6, 6.07) is 17.3. The second kappa shape index (κ2) is 7.85. The second-order valence-electron chi connectivity index (χ2n) is 6.84. The number of rotatable bonds is 4. The van der Waals surface area contributed by atoms with Crippen LogP contribution in [0.25, 0.3) is 0 Å². The van der Waals surface area contributed by atoms with Gasteiger partial charge in [-0.15, -0.1) is 0 Å². The van der Waals surface area contributed by atoms with Gasteiger partial charge in [-0.2, -0.15) is 0 Å². The van der Waals surface area contributed by atoms with Crippen LogP contribution in [-0.2, 0) is 12.8 Å². The molecule has 2 aromatic rings. The summed E-state index contributed by atoms with van der Waals surface area (Å²) in [5.41, 5.74) is 4.94. The van der Waals surface area contributed by atoms with Gasteiger partial charge in [-0.25, -0.2) is 0 Å². The first-order chi connectivity index (χ1) is 10.5. The highest BCUT2D eigenvalue weighted by Crippen LogP contribution is 2.11. The van der Waals surface area contributed by atoms with Gasteiger partial charge in [-0.3, -0.25) is 0 Å². The molecule has 2 aromatic carbocycles. The Hall–Kier alpha value is -2.00. The Kier molecular flexibility index (Phi) is 5.84. The van der Waals surface area contributed by atoms with Crippen molar-refractivity contribution in [3.8, 4) is 11.8 Å². The van der Waals surface area contributed by atoms with E-state index >= 15 is 0 Å². The van der Waals surface area contributed by atoms with Gasteiger partial charge in [0.1, 0.15) is 0 Å². The molecule has 0 heteroatoms. The second-order valence-corrected chi connectivity index (χ2v) is 6.84. The maximum atomic E-state index is 3.25. The summed E-state index contributed by atoms with van der Waals surface area (Å²) < 4.78 is 0. The first-order valence-electron chi connectivity index (χ1n) is 8.23. The fraction of sp³-hybridized carbons (Fsp3) is 0.364. The molecule has 0 bridgehead atoms. The molecule has 0 heterocycles. The maximum Gasteiger partial charge on any atom is 0.0249 e. The lowest BCUT2D eigenvalue weighted by Crippen LogP contribution is -1.93. The number of benzene rings is 2. The van der Waals surface area contributed by atoms with Crippen molar-refractivity contribution in [2.24, 2.45) is 11.8 Å². The van der Waals surface area contributed by atoms with E-state index < -0.39 is 0 Å². The van der Waals surface area contributed by atoms with E-state index in [1.54, 1.807) is 0 Å². The minimum Gasteiger partial charge on any atom is -0.0625 e. The van der Waals surface area contributed by atoms with Gasteiger partial charge in [0.15, 0.2) is 0 Å². The van der Waals surface area contributed by atoms with Gasteiger partial charge in [0.25, 0.3) is 0 Å². The van der Waals surface area contributed by atoms with Crippen molar-refractivity contribution in [3.63, 3.8) is 0 Å². The molecule has 0 atom stereocenters. The summed E-state index contributed by atoms with van der Waals surface area (Å²) >= 11 is 0. The van der Waals surface area contributed by atoms with E-state index in [0.29, 0.717) is 11.8 Å². The molecule has 114 valence electrons. The van der Waals surface area contributed by atoms with Crippen molar-refractivity contribution in [1.29, 1.82) is 0 Å². The quantitative estimate of drug-likeness (QED) is 0.654. The van der Waals surface area contributed by atoms with Gasteiger partial charge in [-0.1, -0.05) is 63.8 Å². The summed E-state index contributed by atoms with van der Waals surface area (Å²) in [5, 5.41) is 0. The van der Waals surface area contributed by atoms with Crippen LogP contribution in [0, 0.1) is 23.7 Å². The summed E-state index contributed by atoms with van der Waals surface area (Å²) in [6.45, 7) is 8.99. The molecule has 0 aliphatic rings. The SMILES string of the molecule is CC(C)Cc1ccc(C#Cc2ccc(CC(C)C)cc2)cc1. The lowest BCUT2D eigenvalue weighted by Gasteiger charge is -2.04. The molecule has 0 radical (unpaired) electrons. The predicted octanol–water partition coefficient (Wildman–Crippen LogP) is 5.48. The molecule has 0 amide bonds. The first-order valence-corrected chi connectivity index (χ1v) is 8.23. The van der Waals surface area contributed by atoms with Crippen molar-refractivity contribution in [1.82, 2.24) is 0 Å². The summed E-state index contributed by atoms with van der Waals surface area (Å²) in [7, 11) is 0. The molecular formula is C22H26. The summed E-state index contributed by atoms with van der Waals surface area (Å²) in [6.07, 6.45) is 2.26. The lowest BCUT2D eigenvalue weighted by atomic mass is 10.0. The van der Waals surface area contributed by atoms with Crippen LogP contribution in [0.3, 0.4) is 0 Å². The minimum absolute atomic E-state index is 0.696. The zero-order valence-electron chi connectivity index (χ0n) is 14.2. The Morgan fingerprint density at radius 2 is 0.909 bits per heavy atom. The van der Waals surface area contributed by atoms with Gasteiger partial charge in [-0.05, 0) is 60.1 Å². The van der Waals surface area contributed by atoms with Crippen LogP contribution in [0.2, 0.25) is 0 Å². The molecule has 0 spiro atoms. The third kappa shape index (κ3) is 5.41. The fourth-order valence-electron chi connectivity index (χ4n) is 2.54. The molecule has 0 nitrogen and oxygen atoms in total. The van der Waals surface area contributed by atoms with Gasteiger partial charge in [0.2, 0.25) is 0 Å². The van der Waals surface area contributed by atoms with Crippen molar-refractivity contribution >= 4 is 0 Å². The van der Waals surface area contributed by atoms with Gasteiger partial charge in [0.05, 0.1) is 0 Å². The number of hydrogen-bond acceptors (Lipinski definition) is 0. The normalized spacial score (nSPS) is 10.6. The standard InChI is InChI=1S/C22H26/c1-17(2)15-21-11-7-19(8-12-21)5-6-20-9-13-22(14-10-20)16-18(3)4/h7-14,17-18H,15-16H2,1-4H3. The molecule has 2 rings (SSSR count). The van der Waals surface area contributed by atoms with E-state index in [2.05, 4.69) is 88.1 Å². The van der Waals surface area contributed by atoms with Gasteiger partial charge < -0.3 is 0 Å². The van der Waals surface area contributed by atoms with Crippen molar-refractivity contribution < 1.29 is 0 Å². The van der Waals surface area contributed by atoms with Crippen LogP contribution in [0.4, 0.5) is 0 Å². The van der Waals surface area contributed by atoms with Gasteiger partial charge >= 0.3 is 0 Å². The van der Waals surface area contributed by atoms with Crippen molar-refractivity contribution in [2.45, 2.75) is 40.5 Å². The maximum absolute atomic E-state index is 3.25. The van der Waals surface area contributed by atoms with E-state index in [9.17, 15) is 0 Å². The lowest BCUT2D eigenvalue weighted by molar-refractivity contribution is 0.647. The van der Waals surface area contributed by atoms with E-state index in [4.69, 9.17) is 0 Å².